The second kappa shape index (κ2) is 3.65. The standard InChI is InChI=1S/C9H9BN2O2/c13-10(14)9-6-8(11-12-9)7-4-2-1-3-5-7/h1-6,13-14H,(H,11,12). The van der Waals surface area contributed by atoms with Crippen LogP contribution in [0.3, 0.4) is 0 Å². The molecule has 1 heterocycles. The van der Waals surface area contributed by atoms with Gasteiger partial charge in [-0.2, -0.15) is 5.10 Å². The smallest absolute Gasteiger partial charge is 0.422 e. The predicted molar refractivity (Wildman–Crippen MR) is 53.8 cm³/mol. The molecule has 70 valence electrons. The number of rotatable bonds is 2. The summed E-state index contributed by atoms with van der Waals surface area (Å²) >= 11 is 0. The van der Waals surface area contributed by atoms with Crippen molar-refractivity contribution in [1.29, 1.82) is 0 Å². The summed E-state index contributed by atoms with van der Waals surface area (Å²) in [6.07, 6.45) is 0. The summed E-state index contributed by atoms with van der Waals surface area (Å²) in [5, 5.41) is 24.3. The molecule has 3 N–H and O–H groups in total. The Labute approximate surface area is 81.4 Å². The van der Waals surface area contributed by atoms with Crippen LogP contribution in [0.25, 0.3) is 11.3 Å². The molecule has 0 spiro atoms. The molecule has 0 saturated heterocycles. The van der Waals surface area contributed by atoms with E-state index in [0.29, 0.717) is 11.3 Å². The molecule has 5 heteroatoms. The van der Waals surface area contributed by atoms with Crippen molar-refractivity contribution in [2.75, 3.05) is 0 Å². The number of H-pyrrole nitrogens is 1. The van der Waals surface area contributed by atoms with Crippen molar-refractivity contribution in [3.05, 3.63) is 36.4 Å². The Hall–Kier alpha value is -1.59. The van der Waals surface area contributed by atoms with E-state index in [9.17, 15) is 0 Å². The summed E-state index contributed by atoms with van der Waals surface area (Å²) in [6.45, 7) is 0. The molecule has 0 aliphatic rings. The van der Waals surface area contributed by atoms with E-state index >= 15 is 0 Å². The minimum absolute atomic E-state index is 0.295. The van der Waals surface area contributed by atoms with Crippen molar-refractivity contribution < 1.29 is 10.0 Å². The van der Waals surface area contributed by atoms with Gasteiger partial charge in [0.2, 0.25) is 0 Å². The average Bonchev–Trinajstić information content (AvgIpc) is 2.68. The maximum absolute atomic E-state index is 8.87. The Balaban J connectivity index is 2.34. The normalized spacial score (nSPS) is 10.1. The highest BCUT2D eigenvalue weighted by Crippen LogP contribution is 2.13. The van der Waals surface area contributed by atoms with Gasteiger partial charge in [-0.25, -0.2) is 0 Å². The van der Waals surface area contributed by atoms with E-state index in [1.807, 2.05) is 30.3 Å². The molecule has 1 aromatic heterocycles. The molecule has 0 saturated carbocycles. The van der Waals surface area contributed by atoms with E-state index in [1.54, 1.807) is 6.07 Å². The van der Waals surface area contributed by atoms with Crippen molar-refractivity contribution in [2.45, 2.75) is 0 Å². The first kappa shape index (κ1) is 8.99. The van der Waals surface area contributed by atoms with E-state index in [0.717, 1.165) is 5.56 Å². The zero-order valence-corrected chi connectivity index (χ0v) is 7.38. The van der Waals surface area contributed by atoms with E-state index in [2.05, 4.69) is 10.2 Å². The zero-order chi connectivity index (χ0) is 9.97. The molecule has 0 unspecified atom stereocenters. The lowest BCUT2D eigenvalue weighted by atomic mass is 9.86. The maximum atomic E-state index is 8.87. The third-order valence-electron chi connectivity index (χ3n) is 1.95. The molecular formula is C9H9BN2O2. The Morgan fingerprint density at radius 1 is 1.14 bits per heavy atom. The van der Waals surface area contributed by atoms with Crippen molar-refractivity contribution in [3.8, 4) is 11.3 Å². The molecule has 0 amide bonds. The van der Waals surface area contributed by atoms with Crippen LogP contribution < -0.4 is 5.59 Å². The van der Waals surface area contributed by atoms with Gasteiger partial charge in [0.1, 0.15) is 0 Å². The van der Waals surface area contributed by atoms with Gasteiger partial charge < -0.3 is 10.0 Å². The summed E-state index contributed by atoms with van der Waals surface area (Å²) in [6, 6.07) is 11.1. The second-order valence-corrected chi connectivity index (χ2v) is 2.95. The lowest BCUT2D eigenvalue weighted by Gasteiger charge is -1.92. The zero-order valence-electron chi connectivity index (χ0n) is 7.38. The first-order valence-corrected chi connectivity index (χ1v) is 4.24. The summed E-state index contributed by atoms with van der Waals surface area (Å²) in [5.41, 5.74) is 1.94. The Bertz CT molecular complexity index is 414. The van der Waals surface area contributed by atoms with Gasteiger partial charge in [0, 0.05) is 5.56 Å². The number of hydrogen-bond acceptors (Lipinski definition) is 3. The highest BCUT2D eigenvalue weighted by molar-refractivity contribution is 6.57. The van der Waals surface area contributed by atoms with Crippen LogP contribution in [-0.4, -0.2) is 27.4 Å². The largest absolute Gasteiger partial charge is 0.507 e. The van der Waals surface area contributed by atoms with Crippen LogP contribution in [0.15, 0.2) is 36.4 Å². The van der Waals surface area contributed by atoms with Gasteiger partial charge >= 0.3 is 7.12 Å². The van der Waals surface area contributed by atoms with E-state index in [1.165, 1.54) is 0 Å². The van der Waals surface area contributed by atoms with Crippen molar-refractivity contribution in [2.24, 2.45) is 0 Å². The molecule has 0 aliphatic heterocycles. The molecular weight excluding hydrogens is 179 g/mol. The molecule has 2 aromatic rings. The fraction of sp³-hybridized carbons (Fsp3) is 0. The van der Waals surface area contributed by atoms with Crippen LogP contribution >= 0.6 is 0 Å². The number of hydrogen-bond donors (Lipinski definition) is 3. The van der Waals surface area contributed by atoms with Crippen LogP contribution in [0.1, 0.15) is 0 Å². The highest BCUT2D eigenvalue weighted by Gasteiger charge is 2.14. The molecule has 4 nitrogen and oxygen atoms in total. The second-order valence-electron chi connectivity index (χ2n) is 2.95. The Morgan fingerprint density at radius 3 is 2.43 bits per heavy atom. The number of aromatic amines is 1. The quantitative estimate of drug-likeness (QED) is 0.569. The van der Waals surface area contributed by atoms with E-state index < -0.39 is 7.12 Å². The molecule has 0 radical (unpaired) electrons. The summed E-state index contributed by atoms with van der Waals surface area (Å²) < 4.78 is 0. The van der Waals surface area contributed by atoms with Gasteiger partial charge in [0.15, 0.2) is 0 Å². The molecule has 0 atom stereocenters. The van der Waals surface area contributed by atoms with E-state index in [-0.39, 0.29) is 0 Å². The summed E-state index contributed by atoms with van der Waals surface area (Å²) in [4.78, 5) is 0. The molecule has 0 bridgehead atoms. The maximum Gasteiger partial charge on any atom is 0.507 e. The third-order valence-corrected chi connectivity index (χ3v) is 1.95. The number of benzene rings is 1. The number of nitrogens with one attached hydrogen (secondary N) is 1. The minimum atomic E-state index is -1.50. The Morgan fingerprint density at radius 2 is 1.86 bits per heavy atom. The van der Waals surface area contributed by atoms with Gasteiger partial charge in [0.25, 0.3) is 0 Å². The van der Waals surface area contributed by atoms with Crippen LogP contribution in [0.5, 0.6) is 0 Å². The molecule has 0 aliphatic carbocycles. The van der Waals surface area contributed by atoms with Gasteiger partial charge in [0.05, 0.1) is 11.3 Å². The minimum Gasteiger partial charge on any atom is -0.422 e. The fourth-order valence-electron chi connectivity index (χ4n) is 1.23. The molecule has 2 rings (SSSR count). The van der Waals surface area contributed by atoms with Crippen LogP contribution in [0.4, 0.5) is 0 Å². The highest BCUT2D eigenvalue weighted by atomic mass is 16.4. The topological polar surface area (TPSA) is 69.1 Å². The van der Waals surface area contributed by atoms with Crippen LogP contribution in [-0.2, 0) is 0 Å². The van der Waals surface area contributed by atoms with Crippen molar-refractivity contribution >= 4 is 12.7 Å². The average molecular weight is 188 g/mol. The van der Waals surface area contributed by atoms with Crippen LogP contribution in [0.2, 0.25) is 0 Å². The van der Waals surface area contributed by atoms with Crippen molar-refractivity contribution in [3.63, 3.8) is 0 Å². The number of nitrogens with zero attached hydrogens (tertiary/aromatic N) is 1. The SMILES string of the molecule is OB(O)c1cc(-c2ccccc2)n[nH]1. The first-order valence-electron chi connectivity index (χ1n) is 4.24. The van der Waals surface area contributed by atoms with Crippen LogP contribution in [0, 0.1) is 0 Å². The summed E-state index contributed by atoms with van der Waals surface area (Å²) in [5.74, 6) is 0. The predicted octanol–water partition coefficient (Wildman–Crippen LogP) is -0.244. The molecule has 14 heavy (non-hydrogen) atoms. The fourth-order valence-corrected chi connectivity index (χ4v) is 1.23. The first-order chi connectivity index (χ1) is 6.77. The lowest BCUT2D eigenvalue weighted by molar-refractivity contribution is 0.424. The third kappa shape index (κ3) is 1.68. The number of aromatic nitrogens is 2. The molecule has 1 aromatic carbocycles. The van der Waals surface area contributed by atoms with Gasteiger partial charge in [-0.1, -0.05) is 30.3 Å². The summed E-state index contributed by atoms with van der Waals surface area (Å²) in [7, 11) is -1.50. The Kier molecular flexibility index (Phi) is 2.34. The lowest BCUT2D eigenvalue weighted by Crippen LogP contribution is -2.30. The van der Waals surface area contributed by atoms with E-state index in [4.69, 9.17) is 10.0 Å². The van der Waals surface area contributed by atoms with Gasteiger partial charge in [-0.05, 0) is 6.07 Å². The van der Waals surface area contributed by atoms with Crippen molar-refractivity contribution in [1.82, 2.24) is 10.2 Å². The monoisotopic (exact) mass is 188 g/mol. The van der Waals surface area contributed by atoms with Gasteiger partial charge in [-0.3, -0.25) is 5.10 Å². The molecule has 0 fully saturated rings. The van der Waals surface area contributed by atoms with Gasteiger partial charge in [-0.15, -0.1) is 0 Å².